The van der Waals surface area contributed by atoms with Crippen molar-refractivity contribution in [2.75, 3.05) is 7.11 Å². The van der Waals surface area contributed by atoms with Gasteiger partial charge < -0.3 is 10.1 Å². The van der Waals surface area contributed by atoms with E-state index in [2.05, 4.69) is 40.3 Å². The lowest BCUT2D eigenvalue weighted by Gasteiger charge is -2.27. The molecule has 0 amide bonds. The monoisotopic (exact) mass is 311 g/mol. The molecule has 2 rings (SSSR count). The van der Waals surface area contributed by atoms with E-state index in [0.29, 0.717) is 12.1 Å². The van der Waals surface area contributed by atoms with Crippen LogP contribution < -0.4 is 10.1 Å². The van der Waals surface area contributed by atoms with Gasteiger partial charge in [-0.05, 0) is 53.4 Å². The van der Waals surface area contributed by atoms with E-state index in [4.69, 9.17) is 4.74 Å². The molecule has 100 valence electrons. The third-order valence-corrected chi connectivity index (χ3v) is 4.39. The first-order valence-corrected chi connectivity index (χ1v) is 7.59. The number of halogens is 1. The molecular formula is C15H22BrNO. The van der Waals surface area contributed by atoms with Gasteiger partial charge in [-0.1, -0.05) is 25.3 Å². The van der Waals surface area contributed by atoms with E-state index in [1.54, 1.807) is 7.11 Å². The minimum absolute atomic E-state index is 0.398. The van der Waals surface area contributed by atoms with Crippen LogP contribution in [0.5, 0.6) is 5.75 Å². The summed E-state index contributed by atoms with van der Waals surface area (Å²) in [7, 11) is 1.70. The number of hydrogen-bond donors (Lipinski definition) is 1. The van der Waals surface area contributed by atoms with E-state index >= 15 is 0 Å². The number of methoxy groups -OCH3 is 1. The lowest BCUT2D eigenvalue weighted by Crippen LogP contribution is -2.33. The van der Waals surface area contributed by atoms with Crippen LogP contribution in [0.1, 0.15) is 50.6 Å². The molecule has 2 nitrogen and oxygen atoms in total. The maximum absolute atomic E-state index is 5.26. The standard InChI is InChI=1S/C15H22BrNO/c1-11(17-13-6-4-3-5-7-13)12-8-9-15(18-2)14(16)10-12/h8-11,13,17H,3-7H2,1-2H3. The Morgan fingerprint density at radius 2 is 2.00 bits per heavy atom. The normalized spacial score (nSPS) is 18.6. The van der Waals surface area contributed by atoms with E-state index in [-0.39, 0.29) is 0 Å². The second-order valence-electron chi connectivity index (χ2n) is 5.12. The molecule has 0 bridgehead atoms. The number of rotatable bonds is 4. The van der Waals surface area contributed by atoms with Crippen molar-refractivity contribution in [2.45, 2.75) is 51.1 Å². The Morgan fingerprint density at radius 1 is 1.28 bits per heavy atom. The topological polar surface area (TPSA) is 21.3 Å². The van der Waals surface area contributed by atoms with Gasteiger partial charge in [-0.25, -0.2) is 0 Å². The summed E-state index contributed by atoms with van der Waals surface area (Å²) in [5.74, 6) is 0.892. The highest BCUT2D eigenvalue weighted by atomic mass is 79.9. The van der Waals surface area contributed by atoms with Gasteiger partial charge in [0.15, 0.2) is 0 Å². The summed E-state index contributed by atoms with van der Waals surface area (Å²) in [6.07, 6.45) is 6.79. The molecule has 1 atom stereocenters. The second kappa shape index (κ2) is 6.58. The summed E-state index contributed by atoms with van der Waals surface area (Å²) in [5, 5.41) is 3.74. The van der Waals surface area contributed by atoms with Gasteiger partial charge in [-0.15, -0.1) is 0 Å². The first-order valence-electron chi connectivity index (χ1n) is 6.80. The van der Waals surface area contributed by atoms with Crippen molar-refractivity contribution in [2.24, 2.45) is 0 Å². The van der Waals surface area contributed by atoms with E-state index in [1.807, 2.05) is 6.07 Å². The zero-order valence-electron chi connectivity index (χ0n) is 11.2. The average molecular weight is 312 g/mol. The minimum atomic E-state index is 0.398. The molecule has 1 fully saturated rings. The molecule has 1 aliphatic rings. The molecule has 1 aliphatic carbocycles. The van der Waals surface area contributed by atoms with Gasteiger partial charge in [-0.3, -0.25) is 0 Å². The first kappa shape index (κ1) is 13.9. The summed E-state index contributed by atoms with van der Waals surface area (Å²) in [4.78, 5) is 0. The summed E-state index contributed by atoms with van der Waals surface area (Å²) in [6.45, 7) is 2.24. The van der Waals surface area contributed by atoms with Crippen LogP contribution in [0.25, 0.3) is 0 Å². The Morgan fingerprint density at radius 3 is 2.61 bits per heavy atom. The van der Waals surface area contributed by atoms with Gasteiger partial charge in [0.2, 0.25) is 0 Å². The molecule has 0 aromatic heterocycles. The molecule has 1 N–H and O–H groups in total. The Bertz CT molecular complexity index is 388. The fourth-order valence-electron chi connectivity index (χ4n) is 2.67. The molecule has 1 unspecified atom stereocenters. The third-order valence-electron chi connectivity index (χ3n) is 3.77. The smallest absolute Gasteiger partial charge is 0.133 e. The van der Waals surface area contributed by atoms with Gasteiger partial charge >= 0.3 is 0 Å². The number of benzene rings is 1. The molecule has 0 heterocycles. The van der Waals surface area contributed by atoms with Crippen molar-refractivity contribution < 1.29 is 4.74 Å². The van der Waals surface area contributed by atoms with Crippen LogP contribution in [0, 0.1) is 0 Å². The van der Waals surface area contributed by atoms with Crippen molar-refractivity contribution >= 4 is 15.9 Å². The van der Waals surface area contributed by atoms with Crippen LogP contribution in [0.4, 0.5) is 0 Å². The largest absolute Gasteiger partial charge is 0.496 e. The zero-order valence-corrected chi connectivity index (χ0v) is 12.8. The fourth-order valence-corrected chi connectivity index (χ4v) is 3.23. The number of ether oxygens (including phenoxy) is 1. The van der Waals surface area contributed by atoms with Crippen LogP contribution >= 0.6 is 15.9 Å². The van der Waals surface area contributed by atoms with Crippen LogP contribution in [0.2, 0.25) is 0 Å². The lowest BCUT2D eigenvalue weighted by atomic mass is 9.94. The molecule has 18 heavy (non-hydrogen) atoms. The van der Waals surface area contributed by atoms with Crippen molar-refractivity contribution in [3.8, 4) is 5.75 Å². The van der Waals surface area contributed by atoms with Gasteiger partial charge in [0.25, 0.3) is 0 Å². The van der Waals surface area contributed by atoms with Crippen LogP contribution in [0.15, 0.2) is 22.7 Å². The summed E-state index contributed by atoms with van der Waals surface area (Å²) < 4.78 is 6.29. The Hall–Kier alpha value is -0.540. The molecular weight excluding hydrogens is 290 g/mol. The maximum atomic E-state index is 5.26. The quantitative estimate of drug-likeness (QED) is 0.887. The maximum Gasteiger partial charge on any atom is 0.133 e. The van der Waals surface area contributed by atoms with E-state index in [9.17, 15) is 0 Å². The average Bonchev–Trinajstić information content (AvgIpc) is 2.39. The van der Waals surface area contributed by atoms with E-state index in [1.165, 1.54) is 37.7 Å². The molecule has 0 spiro atoms. The summed E-state index contributed by atoms with van der Waals surface area (Å²) in [5.41, 5.74) is 1.31. The highest BCUT2D eigenvalue weighted by Gasteiger charge is 2.16. The Kier molecular flexibility index (Phi) is 5.07. The summed E-state index contributed by atoms with van der Waals surface area (Å²) in [6, 6.07) is 7.41. The Labute approximate surface area is 118 Å². The number of nitrogens with one attached hydrogen (secondary N) is 1. The van der Waals surface area contributed by atoms with Crippen molar-refractivity contribution in [1.82, 2.24) is 5.32 Å². The highest BCUT2D eigenvalue weighted by Crippen LogP contribution is 2.29. The fraction of sp³-hybridized carbons (Fsp3) is 0.600. The predicted octanol–water partition coefficient (Wildman–Crippen LogP) is 4.44. The Balaban J connectivity index is 1.99. The minimum Gasteiger partial charge on any atom is -0.496 e. The van der Waals surface area contributed by atoms with Gasteiger partial charge in [-0.2, -0.15) is 0 Å². The predicted molar refractivity (Wildman–Crippen MR) is 79.1 cm³/mol. The van der Waals surface area contributed by atoms with Crippen molar-refractivity contribution in [3.63, 3.8) is 0 Å². The van der Waals surface area contributed by atoms with Gasteiger partial charge in [0, 0.05) is 12.1 Å². The lowest BCUT2D eigenvalue weighted by molar-refractivity contribution is 0.346. The van der Waals surface area contributed by atoms with Crippen LogP contribution in [-0.2, 0) is 0 Å². The third kappa shape index (κ3) is 3.48. The van der Waals surface area contributed by atoms with Crippen molar-refractivity contribution in [1.29, 1.82) is 0 Å². The molecule has 1 aromatic rings. The molecule has 0 aliphatic heterocycles. The summed E-state index contributed by atoms with van der Waals surface area (Å²) >= 11 is 3.55. The highest BCUT2D eigenvalue weighted by molar-refractivity contribution is 9.10. The molecule has 1 aromatic carbocycles. The van der Waals surface area contributed by atoms with E-state index in [0.717, 1.165) is 10.2 Å². The van der Waals surface area contributed by atoms with Crippen LogP contribution in [0.3, 0.4) is 0 Å². The van der Waals surface area contributed by atoms with Gasteiger partial charge in [0.1, 0.15) is 5.75 Å². The number of hydrogen-bond acceptors (Lipinski definition) is 2. The first-order chi connectivity index (χ1) is 8.70. The zero-order chi connectivity index (χ0) is 13.0. The molecule has 1 saturated carbocycles. The SMILES string of the molecule is COc1ccc(C(C)NC2CCCCC2)cc1Br. The molecule has 0 saturated heterocycles. The van der Waals surface area contributed by atoms with Crippen molar-refractivity contribution in [3.05, 3.63) is 28.2 Å². The van der Waals surface area contributed by atoms with Gasteiger partial charge in [0.05, 0.1) is 11.6 Å². The van der Waals surface area contributed by atoms with E-state index < -0.39 is 0 Å². The second-order valence-corrected chi connectivity index (χ2v) is 5.97. The molecule has 3 heteroatoms. The molecule has 0 radical (unpaired) electrons. The van der Waals surface area contributed by atoms with Crippen LogP contribution in [-0.4, -0.2) is 13.2 Å².